The summed E-state index contributed by atoms with van der Waals surface area (Å²) in [4.78, 5) is 15.5. The highest BCUT2D eigenvalue weighted by molar-refractivity contribution is 6.09. The van der Waals surface area contributed by atoms with Gasteiger partial charge in [0.15, 0.2) is 17.5 Å². The van der Waals surface area contributed by atoms with E-state index in [1.54, 1.807) is 0 Å². The van der Waals surface area contributed by atoms with Crippen LogP contribution in [0.4, 0.5) is 0 Å². The van der Waals surface area contributed by atoms with E-state index < -0.39 is 0 Å². The van der Waals surface area contributed by atoms with E-state index >= 15 is 0 Å². The van der Waals surface area contributed by atoms with E-state index in [-0.39, 0.29) is 0 Å². The molecular weight excluding hydrogens is 743 g/mol. The first-order valence-corrected chi connectivity index (χ1v) is 20.5. The second-order valence-corrected chi connectivity index (χ2v) is 15.2. The van der Waals surface area contributed by atoms with Crippen LogP contribution in [0, 0.1) is 0 Å². The lowest BCUT2D eigenvalue weighted by molar-refractivity contribution is 0.670. The maximum absolute atomic E-state index is 6.33. The normalized spacial score (nSPS) is 11.3. The van der Waals surface area contributed by atoms with Gasteiger partial charge in [0.05, 0.1) is 0 Å². The van der Waals surface area contributed by atoms with Gasteiger partial charge in [-0.1, -0.05) is 206 Å². The molecule has 9 aromatic carbocycles. The number of aromatic nitrogens is 3. The molecule has 0 N–H and O–H groups in total. The molecule has 286 valence electrons. The Balaban J connectivity index is 0.936. The van der Waals surface area contributed by atoms with Crippen molar-refractivity contribution in [3.05, 3.63) is 224 Å². The third-order valence-corrected chi connectivity index (χ3v) is 11.4. The van der Waals surface area contributed by atoms with Crippen molar-refractivity contribution >= 4 is 21.9 Å². The van der Waals surface area contributed by atoms with Crippen molar-refractivity contribution in [2.24, 2.45) is 0 Å². The van der Waals surface area contributed by atoms with Crippen LogP contribution in [0.2, 0.25) is 0 Å². The second kappa shape index (κ2) is 15.5. The highest BCUT2D eigenvalue weighted by Gasteiger charge is 2.17. The van der Waals surface area contributed by atoms with Gasteiger partial charge in [0.1, 0.15) is 11.2 Å². The summed E-state index contributed by atoms with van der Waals surface area (Å²) in [6, 6.07) is 78.1. The van der Waals surface area contributed by atoms with Crippen LogP contribution in [-0.4, -0.2) is 15.0 Å². The van der Waals surface area contributed by atoms with Crippen molar-refractivity contribution in [2.75, 3.05) is 0 Å². The number of para-hydroxylation sites is 2. The molecule has 4 nitrogen and oxygen atoms in total. The molecule has 4 heteroatoms. The lowest BCUT2D eigenvalue weighted by Gasteiger charge is -2.13. The summed E-state index contributed by atoms with van der Waals surface area (Å²) in [5, 5.41) is 2.27. The first-order chi connectivity index (χ1) is 30.2. The molecule has 0 radical (unpaired) electrons. The lowest BCUT2D eigenvalue weighted by Crippen LogP contribution is -2.01. The summed E-state index contributed by atoms with van der Waals surface area (Å²) in [5.74, 6) is 1.86. The van der Waals surface area contributed by atoms with Gasteiger partial charge in [-0.15, -0.1) is 0 Å². The molecule has 11 aromatic rings. The average Bonchev–Trinajstić information content (AvgIpc) is 3.74. The summed E-state index contributed by atoms with van der Waals surface area (Å²) < 4.78 is 6.33. The third kappa shape index (κ3) is 6.96. The number of furan rings is 1. The molecular formula is C57H37N3O. The summed E-state index contributed by atoms with van der Waals surface area (Å²) in [6.45, 7) is 0. The molecule has 0 saturated heterocycles. The van der Waals surface area contributed by atoms with Crippen molar-refractivity contribution in [3.8, 4) is 89.8 Å². The van der Waals surface area contributed by atoms with Gasteiger partial charge in [-0.25, -0.2) is 15.0 Å². The molecule has 0 amide bonds. The van der Waals surface area contributed by atoms with Gasteiger partial charge in [-0.3, -0.25) is 0 Å². The third-order valence-electron chi connectivity index (χ3n) is 11.4. The zero-order valence-corrected chi connectivity index (χ0v) is 33.1. The molecule has 61 heavy (non-hydrogen) atoms. The van der Waals surface area contributed by atoms with Crippen LogP contribution in [-0.2, 0) is 0 Å². The Morgan fingerprint density at radius 1 is 0.246 bits per heavy atom. The second-order valence-electron chi connectivity index (χ2n) is 15.2. The fourth-order valence-electron chi connectivity index (χ4n) is 8.28. The Morgan fingerprint density at radius 3 is 1.28 bits per heavy atom. The number of hydrogen-bond acceptors (Lipinski definition) is 4. The molecule has 0 aliphatic heterocycles. The number of fused-ring (bicyclic) bond motifs is 3. The molecule has 0 spiro atoms. The van der Waals surface area contributed by atoms with Gasteiger partial charge in [0, 0.05) is 33.0 Å². The molecule has 11 rings (SSSR count). The zero-order chi connectivity index (χ0) is 40.5. The monoisotopic (exact) mass is 779 g/mol. The first kappa shape index (κ1) is 35.9. The fourth-order valence-corrected chi connectivity index (χ4v) is 8.28. The average molecular weight is 780 g/mol. The number of rotatable bonds is 8. The van der Waals surface area contributed by atoms with Crippen LogP contribution in [0.5, 0.6) is 0 Å². The van der Waals surface area contributed by atoms with Crippen LogP contribution in [0.15, 0.2) is 229 Å². The quantitative estimate of drug-likeness (QED) is 0.154. The highest BCUT2D eigenvalue weighted by atomic mass is 16.3. The van der Waals surface area contributed by atoms with E-state index in [1.807, 2.05) is 30.3 Å². The van der Waals surface area contributed by atoms with Crippen molar-refractivity contribution in [1.82, 2.24) is 15.0 Å². The van der Waals surface area contributed by atoms with E-state index in [0.29, 0.717) is 17.5 Å². The van der Waals surface area contributed by atoms with Gasteiger partial charge >= 0.3 is 0 Å². The molecule has 0 aliphatic carbocycles. The fraction of sp³-hybridized carbons (Fsp3) is 0. The van der Waals surface area contributed by atoms with E-state index in [0.717, 1.165) is 94.3 Å². The molecule has 0 saturated carbocycles. The number of benzene rings is 9. The maximum atomic E-state index is 6.33. The molecule has 0 aliphatic rings. The van der Waals surface area contributed by atoms with E-state index in [1.165, 1.54) is 0 Å². The summed E-state index contributed by atoms with van der Waals surface area (Å²) >= 11 is 0. The van der Waals surface area contributed by atoms with Gasteiger partial charge < -0.3 is 4.42 Å². The molecule has 0 unspecified atom stereocenters. The minimum absolute atomic E-state index is 0.616. The summed E-state index contributed by atoms with van der Waals surface area (Å²) in [7, 11) is 0. The van der Waals surface area contributed by atoms with Crippen LogP contribution in [0.3, 0.4) is 0 Å². The lowest BCUT2D eigenvalue weighted by atomic mass is 9.97. The van der Waals surface area contributed by atoms with Crippen molar-refractivity contribution in [3.63, 3.8) is 0 Å². The van der Waals surface area contributed by atoms with Gasteiger partial charge in [-0.05, 0) is 68.3 Å². The molecule has 2 aromatic heterocycles. The predicted molar refractivity (Wildman–Crippen MR) is 251 cm³/mol. The predicted octanol–water partition coefficient (Wildman–Crippen LogP) is 15.1. The largest absolute Gasteiger partial charge is 0.455 e. The van der Waals surface area contributed by atoms with Crippen LogP contribution >= 0.6 is 0 Å². The first-order valence-electron chi connectivity index (χ1n) is 20.5. The molecule has 0 bridgehead atoms. The van der Waals surface area contributed by atoms with Gasteiger partial charge in [0.25, 0.3) is 0 Å². The zero-order valence-electron chi connectivity index (χ0n) is 33.1. The number of hydrogen-bond donors (Lipinski definition) is 0. The minimum atomic E-state index is 0.616. The van der Waals surface area contributed by atoms with Crippen molar-refractivity contribution < 1.29 is 4.42 Å². The molecule has 0 atom stereocenters. The van der Waals surface area contributed by atoms with E-state index in [9.17, 15) is 0 Å². The summed E-state index contributed by atoms with van der Waals surface area (Å²) in [5.41, 5.74) is 15.7. The maximum Gasteiger partial charge on any atom is 0.164 e. The van der Waals surface area contributed by atoms with Gasteiger partial charge in [-0.2, -0.15) is 0 Å². The Labute approximate surface area is 354 Å². The van der Waals surface area contributed by atoms with Gasteiger partial charge in [0.2, 0.25) is 0 Å². The Bertz CT molecular complexity index is 3340. The van der Waals surface area contributed by atoms with Crippen molar-refractivity contribution in [1.29, 1.82) is 0 Å². The minimum Gasteiger partial charge on any atom is -0.455 e. The van der Waals surface area contributed by atoms with Crippen LogP contribution in [0.25, 0.3) is 112 Å². The Kier molecular flexibility index (Phi) is 9.14. The van der Waals surface area contributed by atoms with Crippen LogP contribution in [0.1, 0.15) is 0 Å². The Morgan fingerprint density at radius 2 is 0.639 bits per heavy atom. The standard InChI is InChI=1S/C57H37N3O/c1-3-14-38(15-4-1)44-18-11-20-46(36-44)55-58-56(60-57(59-55)52-24-8-7-22-48(52)42-16-5-2-6-17-42)47-21-12-19-45(37-47)41-30-28-39(29-31-41)40-32-34-43(35-33-40)49-25-13-26-51-50-23-9-10-27-53(50)61-54(49)51/h1-37H. The molecule has 0 fully saturated rings. The highest BCUT2D eigenvalue weighted by Crippen LogP contribution is 2.38. The number of nitrogens with zero attached hydrogens (tertiary/aromatic N) is 3. The smallest absolute Gasteiger partial charge is 0.164 e. The molecule has 2 heterocycles. The SMILES string of the molecule is c1ccc(-c2cccc(-c3nc(-c4cccc(-c5ccc(-c6ccc(-c7cccc8c7oc7ccccc78)cc6)cc5)c4)nc(-c4ccccc4-c4ccccc4)n3)c2)cc1. The van der Waals surface area contributed by atoms with Crippen LogP contribution < -0.4 is 0 Å². The van der Waals surface area contributed by atoms with Crippen molar-refractivity contribution in [2.45, 2.75) is 0 Å². The van der Waals surface area contributed by atoms with E-state index in [4.69, 9.17) is 19.4 Å². The Hall–Kier alpha value is -8.21. The van der Waals surface area contributed by atoms with E-state index in [2.05, 4.69) is 194 Å². The summed E-state index contributed by atoms with van der Waals surface area (Å²) in [6.07, 6.45) is 0. The topological polar surface area (TPSA) is 51.8 Å².